The van der Waals surface area contributed by atoms with Crippen molar-refractivity contribution in [3.05, 3.63) is 71.5 Å². The van der Waals surface area contributed by atoms with Crippen LogP contribution in [0, 0.1) is 18.3 Å². The maximum Gasteiger partial charge on any atom is 0.238 e. The highest BCUT2D eigenvalue weighted by Gasteiger charge is 2.17. The molecule has 0 N–H and O–H groups in total. The molecule has 0 aliphatic heterocycles. The van der Waals surface area contributed by atoms with Crippen molar-refractivity contribution in [1.29, 1.82) is 5.26 Å². The van der Waals surface area contributed by atoms with Gasteiger partial charge in [0, 0.05) is 23.1 Å². The van der Waals surface area contributed by atoms with Gasteiger partial charge in [-0.25, -0.2) is 4.98 Å². The zero-order valence-electron chi connectivity index (χ0n) is 14.7. The molecule has 0 aliphatic rings. The normalized spacial score (nSPS) is 10.4. The molecule has 7 heteroatoms. The molecule has 3 rings (SSSR count). The van der Waals surface area contributed by atoms with Crippen LogP contribution in [0.3, 0.4) is 0 Å². The van der Waals surface area contributed by atoms with Gasteiger partial charge in [0.25, 0.3) is 0 Å². The second kappa shape index (κ2) is 8.76. The molecule has 0 fully saturated rings. The van der Waals surface area contributed by atoms with Crippen LogP contribution in [0.25, 0.3) is 5.69 Å². The SMILES string of the molecule is Cc1c(Cl)cccc1-n1ccnc1SCC(=O)N(CC#N)c1ccccc1. The van der Waals surface area contributed by atoms with Crippen molar-refractivity contribution in [1.82, 2.24) is 9.55 Å². The lowest BCUT2D eigenvalue weighted by Gasteiger charge is -2.19. The summed E-state index contributed by atoms with van der Waals surface area (Å²) in [6.07, 6.45) is 3.53. The van der Waals surface area contributed by atoms with Crippen molar-refractivity contribution in [2.45, 2.75) is 12.1 Å². The van der Waals surface area contributed by atoms with Crippen LogP contribution in [-0.4, -0.2) is 27.8 Å². The van der Waals surface area contributed by atoms with Crippen LogP contribution in [0.5, 0.6) is 0 Å². The third kappa shape index (κ3) is 4.33. The smallest absolute Gasteiger partial charge is 0.238 e. The van der Waals surface area contributed by atoms with Gasteiger partial charge in [0.05, 0.1) is 17.5 Å². The minimum Gasteiger partial charge on any atom is -0.298 e. The summed E-state index contributed by atoms with van der Waals surface area (Å²) in [5.41, 5.74) is 2.58. The predicted octanol–water partition coefficient (Wildman–Crippen LogP) is 4.48. The van der Waals surface area contributed by atoms with Gasteiger partial charge in [-0.1, -0.05) is 47.6 Å². The Hall–Kier alpha value is -2.75. The summed E-state index contributed by atoms with van der Waals surface area (Å²) in [5.74, 6) is 0.0258. The Bertz CT molecular complexity index is 981. The maximum absolute atomic E-state index is 12.7. The number of carbonyl (C=O) groups is 1. The van der Waals surface area contributed by atoms with E-state index in [0.29, 0.717) is 15.9 Å². The first kappa shape index (κ1) is 19.0. The highest BCUT2D eigenvalue weighted by Crippen LogP contribution is 2.27. The molecule has 2 aromatic carbocycles. The quantitative estimate of drug-likeness (QED) is 0.455. The summed E-state index contributed by atoms with van der Waals surface area (Å²) in [7, 11) is 0. The predicted molar refractivity (Wildman–Crippen MR) is 108 cm³/mol. The molecule has 136 valence electrons. The molecule has 1 aromatic heterocycles. The van der Waals surface area contributed by atoms with Crippen LogP contribution >= 0.6 is 23.4 Å². The molecule has 0 unspecified atom stereocenters. The molecule has 0 bridgehead atoms. The molecular weight excluding hydrogens is 380 g/mol. The number of para-hydroxylation sites is 1. The van der Waals surface area contributed by atoms with E-state index in [2.05, 4.69) is 11.1 Å². The van der Waals surface area contributed by atoms with Gasteiger partial charge in [-0.15, -0.1) is 0 Å². The van der Waals surface area contributed by atoms with E-state index in [1.807, 2.05) is 66.2 Å². The fourth-order valence-electron chi connectivity index (χ4n) is 2.64. The monoisotopic (exact) mass is 396 g/mol. The van der Waals surface area contributed by atoms with Gasteiger partial charge in [-0.05, 0) is 36.8 Å². The third-order valence-electron chi connectivity index (χ3n) is 4.03. The number of benzene rings is 2. The van der Waals surface area contributed by atoms with E-state index in [9.17, 15) is 4.79 Å². The number of imidazole rings is 1. The molecule has 5 nitrogen and oxygen atoms in total. The molecule has 27 heavy (non-hydrogen) atoms. The lowest BCUT2D eigenvalue weighted by Crippen LogP contribution is -2.32. The van der Waals surface area contributed by atoms with E-state index >= 15 is 0 Å². The molecule has 0 spiro atoms. The number of hydrogen-bond acceptors (Lipinski definition) is 4. The van der Waals surface area contributed by atoms with E-state index < -0.39 is 0 Å². The fourth-order valence-corrected chi connectivity index (χ4v) is 3.65. The van der Waals surface area contributed by atoms with Gasteiger partial charge < -0.3 is 0 Å². The van der Waals surface area contributed by atoms with Crippen molar-refractivity contribution < 1.29 is 4.79 Å². The number of amides is 1. The van der Waals surface area contributed by atoms with Crippen LogP contribution in [0.2, 0.25) is 5.02 Å². The van der Waals surface area contributed by atoms with E-state index in [1.54, 1.807) is 6.20 Å². The highest BCUT2D eigenvalue weighted by molar-refractivity contribution is 7.99. The number of hydrogen-bond donors (Lipinski definition) is 0. The standard InChI is InChI=1S/C20H17ClN4OS/c1-15-17(21)8-5-9-18(15)25-13-11-23-20(25)27-14-19(26)24(12-10-22)16-6-3-2-4-7-16/h2-9,11,13H,12,14H2,1H3. The molecular formula is C20H17ClN4OS. The lowest BCUT2D eigenvalue weighted by molar-refractivity contribution is -0.116. The summed E-state index contributed by atoms with van der Waals surface area (Å²) in [6.45, 7) is 1.95. The number of nitrogens with zero attached hydrogens (tertiary/aromatic N) is 4. The Morgan fingerprint density at radius 1 is 1.26 bits per heavy atom. The van der Waals surface area contributed by atoms with Crippen LogP contribution in [0.15, 0.2) is 66.1 Å². The van der Waals surface area contributed by atoms with E-state index in [1.165, 1.54) is 16.7 Å². The van der Waals surface area contributed by atoms with Crippen LogP contribution in [0.4, 0.5) is 5.69 Å². The van der Waals surface area contributed by atoms with Gasteiger partial charge in [-0.2, -0.15) is 5.26 Å². The van der Waals surface area contributed by atoms with Gasteiger partial charge >= 0.3 is 0 Å². The third-order valence-corrected chi connectivity index (χ3v) is 5.39. The largest absolute Gasteiger partial charge is 0.298 e. The molecule has 1 amide bonds. The Labute approximate surface area is 167 Å². The van der Waals surface area contributed by atoms with E-state index in [0.717, 1.165) is 11.3 Å². The van der Waals surface area contributed by atoms with Gasteiger partial charge in [0.15, 0.2) is 5.16 Å². The van der Waals surface area contributed by atoms with Crippen molar-refractivity contribution in [3.8, 4) is 11.8 Å². The van der Waals surface area contributed by atoms with Gasteiger partial charge in [0.2, 0.25) is 5.91 Å². The molecule has 0 saturated carbocycles. The first-order chi connectivity index (χ1) is 13.1. The average Bonchev–Trinajstić information content (AvgIpc) is 3.15. The number of carbonyl (C=O) groups excluding carboxylic acids is 1. The number of rotatable bonds is 6. The van der Waals surface area contributed by atoms with Crippen molar-refractivity contribution in [3.63, 3.8) is 0 Å². The van der Waals surface area contributed by atoms with Crippen molar-refractivity contribution in [2.24, 2.45) is 0 Å². The zero-order valence-corrected chi connectivity index (χ0v) is 16.2. The summed E-state index contributed by atoms with van der Waals surface area (Å²) < 4.78 is 1.91. The number of anilines is 1. The van der Waals surface area contributed by atoms with Crippen LogP contribution in [0.1, 0.15) is 5.56 Å². The molecule has 0 atom stereocenters. The summed E-state index contributed by atoms with van der Waals surface area (Å²) >= 11 is 7.55. The second-order valence-corrected chi connectivity index (χ2v) is 7.08. The highest BCUT2D eigenvalue weighted by atomic mass is 35.5. The topological polar surface area (TPSA) is 61.9 Å². The minimum absolute atomic E-state index is 0.00521. The van der Waals surface area contributed by atoms with E-state index in [4.69, 9.17) is 16.9 Å². The molecule has 0 aliphatic carbocycles. The number of nitriles is 1. The van der Waals surface area contributed by atoms with Crippen LogP contribution in [-0.2, 0) is 4.79 Å². The van der Waals surface area contributed by atoms with Crippen LogP contribution < -0.4 is 4.90 Å². The Morgan fingerprint density at radius 2 is 2.04 bits per heavy atom. The fraction of sp³-hybridized carbons (Fsp3) is 0.150. The molecule has 1 heterocycles. The zero-order chi connectivity index (χ0) is 19.2. The Morgan fingerprint density at radius 3 is 2.78 bits per heavy atom. The molecule has 3 aromatic rings. The summed E-state index contributed by atoms with van der Waals surface area (Å²) in [5, 5.41) is 10.4. The molecule has 0 saturated heterocycles. The van der Waals surface area contributed by atoms with Gasteiger partial charge in [0.1, 0.15) is 6.54 Å². The lowest BCUT2D eigenvalue weighted by atomic mass is 10.2. The second-order valence-electron chi connectivity index (χ2n) is 5.73. The number of halogens is 1. The van der Waals surface area contributed by atoms with Crippen molar-refractivity contribution in [2.75, 3.05) is 17.2 Å². The maximum atomic E-state index is 12.7. The summed E-state index contributed by atoms with van der Waals surface area (Å²) in [4.78, 5) is 18.5. The molecule has 0 radical (unpaired) electrons. The van der Waals surface area contributed by atoms with Crippen molar-refractivity contribution >= 4 is 35.0 Å². The Kier molecular flexibility index (Phi) is 6.17. The first-order valence-electron chi connectivity index (χ1n) is 8.26. The number of thioether (sulfide) groups is 1. The Balaban J connectivity index is 1.77. The average molecular weight is 397 g/mol. The minimum atomic E-state index is -0.148. The van der Waals surface area contributed by atoms with E-state index in [-0.39, 0.29) is 18.2 Å². The summed E-state index contributed by atoms with van der Waals surface area (Å²) in [6, 6.07) is 16.9. The first-order valence-corrected chi connectivity index (χ1v) is 9.62. The van der Waals surface area contributed by atoms with Gasteiger partial charge in [-0.3, -0.25) is 14.3 Å². The number of aromatic nitrogens is 2.